The van der Waals surface area contributed by atoms with E-state index in [0.29, 0.717) is 0 Å². The molecule has 0 aliphatic carbocycles. The molecule has 0 fully saturated rings. The Morgan fingerprint density at radius 1 is 1.40 bits per heavy atom. The molecule has 4 heteroatoms. The summed E-state index contributed by atoms with van der Waals surface area (Å²) in [5.74, 6) is 0. The number of hydrogen-bond acceptors (Lipinski definition) is 3. The molecule has 3 nitrogen and oxygen atoms in total. The van der Waals surface area contributed by atoms with Gasteiger partial charge in [0.15, 0.2) is 5.17 Å². The molecule has 0 atom stereocenters. The zero-order valence-corrected chi connectivity index (χ0v) is 7.62. The van der Waals surface area contributed by atoms with Crippen molar-refractivity contribution in [1.82, 2.24) is 5.43 Å². The maximum atomic E-state index is 3.98. The molecule has 0 rings (SSSR count). The lowest BCUT2D eigenvalue weighted by atomic mass is 10.5. The third-order valence-electron chi connectivity index (χ3n) is 0.772. The Morgan fingerprint density at radius 2 is 2.00 bits per heavy atom. The van der Waals surface area contributed by atoms with Crippen LogP contribution in [0.15, 0.2) is 10.1 Å². The highest BCUT2D eigenvalue weighted by molar-refractivity contribution is 8.13. The van der Waals surface area contributed by atoms with E-state index in [-0.39, 0.29) is 0 Å². The zero-order chi connectivity index (χ0) is 7.98. The highest BCUT2D eigenvalue weighted by Gasteiger charge is 1.88. The Labute approximate surface area is 66.0 Å². The minimum atomic E-state index is 0.834. The Kier molecular flexibility index (Phi) is 5.02. The Bertz CT molecular complexity index is 147. The number of nitrogens with one attached hydrogen (secondary N) is 1. The minimum Gasteiger partial charge on any atom is -0.265 e. The summed E-state index contributed by atoms with van der Waals surface area (Å²) < 4.78 is 0. The maximum Gasteiger partial charge on any atom is 0.176 e. The molecule has 0 aromatic rings. The van der Waals surface area contributed by atoms with Gasteiger partial charge in [0.25, 0.3) is 0 Å². The van der Waals surface area contributed by atoms with Gasteiger partial charge in [-0.1, -0.05) is 11.8 Å². The molecule has 0 spiro atoms. The molecular weight excluding hydrogens is 146 g/mol. The SMILES string of the molecule is CN=C(NN=C(C)C)SC. The third kappa shape index (κ3) is 4.38. The molecule has 0 bridgehead atoms. The number of hydrogen-bond donors (Lipinski definition) is 1. The quantitative estimate of drug-likeness (QED) is 0.356. The lowest BCUT2D eigenvalue weighted by Gasteiger charge is -1.99. The van der Waals surface area contributed by atoms with E-state index in [1.165, 1.54) is 0 Å². The predicted octanol–water partition coefficient (Wildman–Crippen LogP) is 1.32. The van der Waals surface area contributed by atoms with E-state index in [9.17, 15) is 0 Å². The van der Waals surface area contributed by atoms with Crippen LogP contribution in [0.2, 0.25) is 0 Å². The van der Waals surface area contributed by atoms with Crippen LogP contribution >= 0.6 is 11.8 Å². The standard InChI is InChI=1S/C6H13N3S/c1-5(2)8-9-6(7-3)10-4/h1-4H3,(H,7,9). The van der Waals surface area contributed by atoms with E-state index >= 15 is 0 Å². The Balaban J connectivity index is 3.78. The molecular formula is C6H13N3S. The molecule has 1 N–H and O–H groups in total. The van der Waals surface area contributed by atoms with Crippen LogP contribution in [-0.2, 0) is 0 Å². The van der Waals surface area contributed by atoms with E-state index in [1.54, 1.807) is 18.8 Å². The first-order chi connectivity index (χ1) is 4.70. The fourth-order valence-electron chi connectivity index (χ4n) is 0.347. The number of nitrogens with zero attached hydrogens (tertiary/aromatic N) is 2. The van der Waals surface area contributed by atoms with Gasteiger partial charge in [-0.05, 0) is 20.1 Å². The molecule has 0 amide bonds. The summed E-state index contributed by atoms with van der Waals surface area (Å²) in [6, 6.07) is 0. The first-order valence-electron chi connectivity index (χ1n) is 2.98. The largest absolute Gasteiger partial charge is 0.265 e. The van der Waals surface area contributed by atoms with Crippen molar-refractivity contribution in [3.8, 4) is 0 Å². The van der Waals surface area contributed by atoms with Crippen molar-refractivity contribution in [2.75, 3.05) is 13.3 Å². The van der Waals surface area contributed by atoms with Gasteiger partial charge in [-0.25, -0.2) is 0 Å². The van der Waals surface area contributed by atoms with Crippen LogP contribution in [0.3, 0.4) is 0 Å². The summed E-state index contributed by atoms with van der Waals surface area (Å²) in [5, 5.41) is 4.82. The molecule has 0 aliphatic rings. The van der Waals surface area contributed by atoms with E-state index in [0.717, 1.165) is 10.9 Å². The second-order valence-electron chi connectivity index (χ2n) is 1.90. The van der Waals surface area contributed by atoms with Crippen molar-refractivity contribution >= 4 is 22.6 Å². The fraction of sp³-hybridized carbons (Fsp3) is 0.667. The summed E-state index contributed by atoms with van der Waals surface area (Å²) >= 11 is 1.54. The monoisotopic (exact) mass is 159 g/mol. The van der Waals surface area contributed by atoms with Gasteiger partial charge in [-0.3, -0.25) is 10.4 Å². The second-order valence-corrected chi connectivity index (χ2v) is 2.70. The average Bonchev–Trinajstić information content (AvgIpc) is 1.90. The molecule has 0 saturated heterocycles. The van der Waals surface area contributed by atoms with Gasteiger partial charge in [0.2, 0.25) is 0 Å². The van der Waals surface area contributed by atoms with Crippen LogP contribution < -0.4 is 5.43 Å². The summed E-state index contributed by atoms with van der Waals surface area (Å²) in [6.45, 7) is 3.86. The smallest absolute Gasteiger partial charge is 0.176 e. The maximum absolute atomic E-state index is 3.98. The average molecular weight is 159 g/mol. The molecule has 0 saturated carbocycles. The fourth-order valence-corrected chi connectivity index (χ4v) is 0.666. The van der Waals surface area contributed by atoms with Crippen LogP contribution in [0, 0.1) is 0 Å². The van der Waals surface area contributed by atoms with Crippen molar-refractivity contribution in [3.05, 3.63) is 0 Å². The van der Waals surface area contributed by atoms with Gasteiger partial charge in [-0.15, -0.1) is 0 Å². The van der Waals surface area contributed by atoms with Gasteiger partial charge >= 0.3 is 0 Å². The molecule has 0 heterocycles. The topological polar surface area (TPSA) is 36.8 Å². The van der Waals surface area contributed by atoms with E-state index < -0.39 is 0 Å². The van der Waals surface area contributed by atoms with Gasteiger partial charge in [0, 0.05) is 12.8 Å². The van der Waals surface area contributed by atoms with Gasteiger partial charge in [0.1, 0.15) is 0 Å². The summed E-state index contributed by atoms with van der Waals surface area (Å²) in [6.07, 6.45) is 1.95. The van der Waals surface area contributed by atoms with E-state index in [2.05, 4.69) is 15.5 Å². The van der Waals surface area contributed by atoms with Gasteiger partial charge in [0.05, 0.1) is 0 Å². The number of thioether (sulfide) groups is 1. The Hall–Kier alpha value is -0.510. The van der Waals surface area contributed by atoms with E-state index in [4.69, 9.17) is 0 Å². The number of rotatable bonds is 1. The molecule has 0 aromatic carbocycles. The number of hydrazone groups is 1. The molecule has 0 aliphatic heterocycles. The molecule has 10 heavy (non-hydrogen) atoms. The summed E-state index contributed by atoms with van der Waals surface area (Å²) in [5.41, 5.74) is 3.82. The van der Waals surface area contributed by atoms with Crippen LogP contribution in [0.5, 0.6) is 0 Å². The van der Waals surface area contributed by atoms with Crippen molar-refractivity contribution in [3.63, 3.8) is 0 Å². The summed E-state index contributed by atoms with van der Waals surface area (Å²) in [4.78, 5) is 3.94. The minimum absolute atomic E-state index is 0.834. The lowest BCUT2D eigenvalue weighted by Crippen LogP contribution is -2.14. The number of amidine groups is 1. The highest BCUT2D eigenvalue weighted by atomic mass is 32.2. The van der Waals surface area contributed by atoms with Crippen molar-refractivity contribution < 1.29 is 0 Å². The third-order valence-corrected chi connectivity index (χ3v) is 1.43. The van der Waals surface area contributed by atoms with Gasteiger partial charge < -0.3 is 0 Å². The normalized spacial score (nSPS) is 11.0. The molecule has 58 valence electrons. The van der Waals surface area contributed by atoms with Gasteiger partial charge in [-0.2, -0.15) is 5.10 Å². The number of aliphatic imine (C=N–C) groups is 1. The summed E-state index contributed by atoms with van der Waals surface area (Å²) in [7, 11) is 1.74. The van der Waals surface area contributed by atoms with Crippen molar-refractivity contribution in [1.29, 1.82) is 0 Å². The first kappa shape index (κ1) is 9.49. The molecule has 0 aromatic heterocycles. The second kappa shape index (κ2) is 5.29. The van der Waals surface area contributed by atoms with Crippen molar-refractivity contribution in [2.24, 2.45) is 10.1 Å². The van der Waals surface area contributed by atoms with Crippen LogP contribution in [-0.4, -0.2) is 24.2 Å². The molecule has 0 unspecified atom stereocenters. The first-order valence-corrected chi connectivity index (χ1v) is 4.21. The predicted molar refractivity (Wildman–Crippen MR) is 48.8 cm³/mol. The van der Waals surface area contributed by atoms with E-state index in [1.807, 2.05) is 20.1 Å². The zero-order valence-electron chi connectivity index (χ0n) is 6.80. The lowest BCUT2D eigenvalue weighted by molar-refractivity contribution is 1.03. The van der Waals surface area contributed by atoms with Crippen molar-refractivity contribution in [2.45, 2.75) is 13.8 Å². The van der Waals surface area contributed by atoms with Crippen LogP contribution in [0.4, 0.5) is 0 Å². The Morgan fingerprint density at radius 3 is 2.30 bits per heavy atom. The van der Waals surface area contributed by atoms with Crippen LogP contribution in [0.25, 0.3) is 0 Å². The highest BCUT2D eigenvalue weighted by Crippen LogP contribution is 1.92. The molecule has 0 radical (unpaired) electrons. The van der Waals surface area contributed by atoms with Crippen LogP contribution in [0.1, 0.15) is 13.8 Å².